The fraction of sp³-hybridized carbons (Fsp3) is 0.348. The summed E-state index contributed by atoms with van der Waals surface area (Å²) >= 11 is 0. The molecule has 0 unspecified atom stereocenters. The van der Waals surface area contributed by atoms with Crippen LogP contribution in [0.15, 0.2) is 42.5 Å². The molecular formula is C23H26N4O3. The average Bonchev–Trinajstić information content (AvgIpc) is 3.15. The van der Waals surface area contributed by atoms with Gasteiger partial charge in [0.2, 0.25) is 0 Å². The van der Waals surface area contributed by atoms with Gasteiger partial charge in [0.25, 0.3) is 5.91 Å². The first kappa shape index (κ1) is 19.9. The molecule has 0 aliphatic carbocycles. The van der Waals surface area contributed by atoms with E-state index in [0.29, 0.717) is 22.7 Å². The highest BCUT2D eigenvalue weighted by Gasteiger charge is 2.16. The van der Waals surface area contributed by atoms with Gasteiger partial charge in [0.05, 0.1) is 19.8 Å². The van der Waals surface area contributed by atoms with Gasteiger partial charge in [0.1, 0.15) is 17.3 Å². The minimum Gasteiger partial charge on any atom is -0.497 e. The molecule has 0 spiro atoms. The smallest absolute Gasteiger partial charge is 0.259 e. The number of fused-ring (bicyclic) bond motifs is 1. The van der Waals surface area contributed by atoms with Crippen LogP contribution in [-0.4, -0.2) is 34.9 Å². The number of aromatic nitrogens is 3. The van der Waals surface area contributed by atoms with E-state index in [2.05, 4.69) is 20.1 Å². The number of carbonyl (C=O) groups is 1. The number of ether oxygens (including phenoxy) is 2. The Morgan fingerprint density at radius 1 is 0.967 bits per heavy atom. The normalized spacial score (nSPS) is 13.7. The van der Waals surface area contributed by atoms with Crippen LogP contribution in [0.3, 0.4) is 0 Å². The van der Waals surface area contributed by atoms with Crippen molar-refractivity contribution in [2.45, 2.75) is 38.6 Å². The van der Waals surface area contributed by atoms with Gasteiger partial charge in [0.15, 0.2) is 5.82 Å². The molecule has 1 aliphatic heterocycles. The summed E-state index contributed by atoms with van der Waals surface area (Å²) in [5.74, 6) is 2.81. The first-order valence-corrected chi connectivity index (χ1v) is 10.3. The van der Waals surface area contributed by atoms with Crippen molar-refractivity contribution in [2.24, 2.45) is 0 Å². The van der Waals surface area contributed by atoms with Crippen molar-refractivity contribution in [3.8, 4) is 22.9 Å². The van der Waals surface area contributed by atoms with Crippen molar-refractivity contribution in [1.82, 2.24) is 14.8 Å². The number of anilines is 1. The van der Waals surface area contributed by atoms with E-state index in [-0.39, 0.29) is 5.91 Å². The van der Waals surface area contributed by atoms with Gasteiger partial charge >= 0.3 is 0 Å². The van der Waals surface area contributed by atoms with Crippen molar-refractivity contribution >= 4 is 11.6 Å². The molecule has 0 saturated carbocycles. The van der Waals surface area contributed by atoms with Gasteiger partial charge in [0, 0.05) is 30.3 Å². The summed E-state index contributed by atoms with van der Waals surface area (Å²) in [6.07, 6.45) is 5.80. The van der Waals surface area contributed by atoms with Crippen molar-refractivity contribution in [3.05, 3.63) is 53.9 Å². The lowest BCUT2D eigenvalue weighted by molar-refractivity contribution is 0.102. The third-order valence-electron chi connectivity index (χ3n) is 5.41. The summed E-state index contributed by atoms with van der Waals surface area (Å²) in [7, 11) is 3.11. The van der Waals surface area contributed by atoms with Gasteiger partial charge < -0.3 is 19.4 Å². The fourth-order valence-corrected chi connectivity index (χ4v) is 3.76. The molecule has 2 heterocycles. The zero-order valence-electron chi connectivity index (χ0n) is 17.4. The zero-order chi connectivity index (χ0) is 20.9. The lowest BCUT2D eigenvalue weighted by Crippen LogP contribution is -2.13. The Labute approximate surface area is 176 Å². The molecule has 1 aliphatic rings. The number of benzene rings is 2. The van der Waals surface area contributed by atoms with Crippen LogP contribution in [0, 0.1) is 0 Å². The van der Waals surface area contributed by atoms with Crippen LogP contribution in [0.1, 0.15) is 41.9 Å². The molecule has 0 saturated heterocycles. The standard InChI is InChI=1S/C23H26N4O3/c1-29-18-12-13-19(20(15-18)30-2)23(28)24-17-10-8-16(9-11-17)22-26-25-21-7-5-3-4-6-14-27(21)22/h8-13,15H,3-7,14H2,1-2H3,(H,24,28). The van der Waals surface area contributed by atoms with Gasteiger partial charge in [-0.05, 0) is 49.2 Å². The number of carbonyl (C=O) groups excluding carboxylic acids is 1. The molecule has 156 valence electrons. The van der Waals surface area contributed by atoms with Crippen LogP contribution in [0.25, 0.3) is 11.4 Å². The first-order chi connectivity index (χ1) is 14.7. The molecule has 1 N–H and O–H groups in total. The van der Waals surface area contributed by atoms with Crippen LogP contribution in [-0.2, 0) is 13.0 Å². The third kappa shape index (κ3) is 4.15. The maximum Gasteiger partial charge on any atom is 0.259 e. The second-order valence-corrected chi connectivity index (χ2v) is 7.35. The second-order valence-electron chi connectivity index (χ2n) is 7.35. The van der Waals surface area contributed by atoms with Crippen LogP contribution in [0.2, 0.25) is 0 Å². The van der Waals surface area contributed by atoms with Crippen LogP contribution >= 0.6 is 0 Å². The van der Waals surface area contributed by atoms with Gasteiger partial charge in [-0.3, -0.25) is 4.79 Å². The zero-order valence-corrected chi connectivity index (χ0v) is 17.4. The Morgan fingerprint density at radius 2 is 1.77 bits per heavy atom. The summed E-state index contributed by atoms with van der Waals surface area (Å²) in [5.41, 5.74) is 2.14. The number of nitrogens with zero attached hydrogens (tertiary/aromatic N) is 3. The summed E-state index contributed by atoms with van der Waals surface area (Å²) in [6, 6.07) is 12.8. The van der Waals surface area contributed by atoms with Gasteiger partial charge in [-0.1, -0.05) is 12.8 Å². The topological polar surface area (TPSA) is 78.3 Å². The van der Waals surface area contributed by atoms with E-state index >= 15 is 0 Å². The van der Waals surface area contributed by atoms with E-state index in [4.69, 9.17) is 9.47 Å². The highest BCUT2D eigenvalue weighted by atomic mass is 16.5. The minimum absolute atomic E-state index is 0.241. The van der Waals surface area contributed by atoms with Crippen molar-refractivity contribution in [2.75, 3.05) is 19.5 Å². The second kappa shape index (κ2) is 8.98. The monoisotopic (exact) mass is 406 g/mol. The Balaban J connectivity index is 1.51. The Bertz CT molecular complexity index is 1030. The van der Waals surface area contributed by atoms with Gasteiger partial charge in [-0.2, -0.15) is 0 Å². The SMILES string of the molecule is COc1ccc(C(=O)Nc2ccc(-c3nnc4n3CCCCCC4)cc2)c(OC)c1. The van der Waals surface area contributed by atoms with E-state index < -0.39 is 0 Å². The summed E-state index contributed by atoms with van der Waals surface area (Å²) in [5, 5.41) is 11.7. The van der Waals surface area contributed by atoms with Crippen molar-refractivity contribution in [1.29, 1.82) is 0 Å². The number of nitrogens with one attached hydrogen (secondary N) is 1. The maximum atomic E-state index is 12.7. The number of hydrogen-bond donors (Lipinski definition) is 1. The Hall–Kier alpha value is -3.35. The molecule has 7 heteroatoms. The van der Waals surface area contributed by atoms with E-state index in [0.717, 1.165) is 43.0 Å². The molecule has 3 aromatic rings. The number of rotatable bonds is 5. The molecule has 1 aromatic heterocycles. The van der Waals surface area contributed by atoms with Crippen LogP contribution < -0.4 is 14.8 Å². The average molecular weight is 406 g/mol. The van der Waals surface area contributed by atoms with Crippen LogP contribution in [0.5, 0.6) is 11.5 Å². The number of aryl methyl sites for hydroxylation is 1. The molecule has 0 bridgehead atoms. The number of hydrogen-bond acceptors (Lipinski definition) is 5. The third-order valence-corrected chi connectivity index (χ3v) is 5.41. The largest absolute Gasteiger partial charge is 0.497 e. The Kier molecular flexibility index (Phi) is 5.97. The summed E-state index contributed by atoms with van der Waals surface area (Å²) < 4.78 is 12.7. The van der Waals surface area contributed by atoms with Gasteiger partial charge in [-0.25, -0.2) is 0 Å². The molecule has 7 nitrogen and oxygen atoms in total. The molecule has 0 fully saturated rings. The summed E-state index contributed by atoms with van der Waals surface area (Å²) in [4.78, 5) is 12.7. The van der Waals surface area contributed by atoms with Crippen molar-refractivity contribution < 1.29 is 14.3 Å². The van der Waals surface area contributed by atoms with Gasteiger partial charge in [-0.15, -0.1) is 10.2 Å². The van der Waals surface area contributed by atoms with E-state index in [1.807, 2.05) is 24.3 Å². The van der Waals surface area contributed by atoms with Crippen LogP contribution in [0.4, 0.5) is 5.69 Å². The van der Waals surface area contributed by atoms with E-state index in [1.165, 1.54) is 20.0 Å². The predicted octanol–water partition coefficient (Wildman–Crippen LogP) is 4.33. The van der Waals surface area contributed by atoms with E-state index in [1.54, 1.807) is 25.3 Å². The summed E-state index contributed by atoms with van der Waals surface area (Å²) in [6.45, 7) is 0.952. The predicted molar refractivity (Wildman–Crippen MR) is 115 cm³/mol. The molecule has 4 rings (SSSR count). The first-order valence-electron chi connectivity index (χ1n) is 10.3. The highest BCUT2D eigenvalue weighted by molar-refractivity contribution is 6.06. The number of amides is 1. The molecule has 2 aromatic carbocycles. The Morgan fingerprint density at radius 3 is 2.53 bits per heavy atom. The molecular weight excluding hydrogens is 380 g/mol. The lowest BCUT2D eigenvalue weighted by atomic mass is 10.1. The molecule has 30 heavy (non-hydrogen) atoms. The highest BCUT2D eigenvalue weighted by Crippen LogP contribution is 2.27. The quantitative estimate of drug-likeness (QED) is 0.682. The fourth-order valence-electron chi connectivity index (χ4n) is 3.76. The van der Waals surface area contributed by atoms with Crippen molar-refractivity contribution in [3.63, 3.8) is 0 Å². The van der Waals surface area contributed by atoms with E-state index in [9.17, 15) is 4.79 Å². The molecule has 0 atom stereocenters. The molecule has 1 amide bonds. The maximum absolute atomic E-state index is 12.7. The molecule has 0 radical (unpaired) electrons. The lowest BCUT2D eigenvalue weighted by Gasteiger charge is -2.14. The number of methoxy groups -OCH3 is 2. The minimum atomic E-state index is -0.241.